The second kappa shape index (κ2) is 11.3. The number of likely N-dealkylation sites (tertiary alicyclic amines) is 1. The van der Waals surface area contributed by atoms with Crippen LogP contribution in [-0.4, -0.2) is 52.2 Å². The van der Waals surface area contributed by atoms with Gasteiger partial charge in [-0.1, -0.05) is 12.8 Å². The Morgan fingerprint density at radius 1 is 1.10 bits per heavy atom. The average Bonchev–Trinajstić information content (AvgIpc) is 3.26. The van der Waals surface area contributed by atoms with Crippen LogP contribution < -0.4 is 15.8 Å². The van der Waals surface area contributed by atoms with Crippen molar-refractivity contribution in [3.8, 4) is 6.01 Å². The molecule has 29 heavy (non-hydrogen) atoms. The normalized spacial score (nSPS) is 14.1. The standard InChI is InChI=1S/C21H31N7O/c22-15-18-19(23)26-21(29-16-17-7-10-24-11-8-17)27-20(18)25-9-3-1-2-4-12-28-13-5-6-14-28/h7-8,10-11,15,22H,1-6,9,12-14,16H2,(H3,23,25,26,27). The topological polar surface area (TPSA) is 113 Å². The molecule has 1 aliphatic heterocycles. The first-order valence-electron chi connectivity index (χ1n) is 10.4. The molecule has 0 bridgehead atoms. The van der Waals surface area contributed by atoms with Gasteiger partial charge in [0.05, 0.1) is 5.56 Å². The molecule has 1 aliphatic rings. The molecule has 1 fully saturated rings. The average molecular weight is 398 g/mol. The van der Waals surface area contributed by atoms with Gasteiger partial charge in [0.15, 0.2) is 0 Å². The van der Waals surface area contributed by atoms with E-state index in [1.807, 2.05) is 12.1 Å². The van der Waals surface area contributed by atoms with Gasteiger partial charge in [0.25, 0.3) is 0 Å². The monoisotopic (exact) mass is 397 g/mol. The number of aromatic nitrogens is 3. The SMILES string of the molecule is N=Cc1c(N)nc(OCc2ccncc2)nc1NCCCCCCN1CCCC1. The van der Waals surface area contributed by atoms with Gasteiger partial charge in [-0.3, -0.25) is 4.98 Å². The summed E-state index contributed by atoms with van der Waals surface area (Å²) in [5.41, 5.74) is 7.46. The van der Waals surface area contributed by atoms with Crippen molar-refractivity contribution in [2.75, 3.05) is 37.2 Å². The molecule has 4 N–H and O–H groups in total. The number of unbranched alkanes of at least 4 members (excludes halogenated alkanes) is 3. The number of hydrogen-bond donors (Lipinski definition) is 3. The molecule has 2 aromatic heterocycles. The molecule has 0 amide bonds. The van der Waals surface area contributed by atoms with Gasteiger partial charge in [0.1, 0.15) is 18.2 Å². The number of hydrogen-bond acceptors (Lipinski definition) is 8. The highest BCUT2D eigenvalue weighted by atomic mass is 16.5. The Labute approximate surface area is 172 Å². The van der Waals surface area contributed by atoms with Gasteiger partial charge in [0, 0.05) is 25.2 Å². The quantitative estimate of drug-likeness (QED) is 0.372. The van der Waals surface area contributed by atoms with E-state index in [0.29, 0.717) is 18.0 Å². The van der Waals surface area contributed by atoms with Crippen LogP contribution in [0.2, 0.25) is 0 Å². The van der Waals surface area contributed by atoms with Gasteiger partial charge < -0.3 is 26.1 Å². The Morgan fingerprint density at radius 3 is 2.62 bits per heavy atom. The molecular formula is C21H31N7O. The molecule has 8 nitrogen and oxygen atoms in total. The number of nitrogens with zero attached hydrogens (tertiary/aromatic N) is 4. The van der Waals surface area contributed by atoms with E-state index in [9.17, 15) is 0 Å². The van der Waals surface area contributed by atoms with Gasteiger partial charge >= 0.3 is 6.01 Å². The maximum atomic E-state index is 7.61. The largest absolute Gasteiger partial charge is 0.458 e. The Morgan fingerprint density at radius 2 is 1.86 bits per heavy atom. The summed E-state index contributed by atoms with van der Waals surface area (Å²) >= 11 is 0. The minimum absolute atomic E-state index is 0.207. The van der Waals surface area contributed by atoms with E-state index in [1.54, 1.807) is 12.4 Å². The summed E-state index contributed by atoms with van der Waals surface area (Å²) in [5, 5.41) is 10.9. The van der Waals surface area contributed by atoms with Gasteiger partial charge in [-0.15, -0.1) is 0 Å². The van der Waals surface area contributed by atoms with Gasteiger partial charge in [-0.2, -0.15) is 9.97 Å². The lowest BCUT2D eigenvalue weighted by atomic mass is 10.2. The van der Waals surface area contributed by atoms with E-state index in [4.69, 9.17) is 15.9 Å². The third kappa shape index (κ3) is 6.67. The lowest BCUT2D eigenvalue weighted by molar-refractivity contribution is 0.281. The fraction of sp³-hybridized carbons (Fsp3) is 0.524. The maximum Gasteiger partial charge on any atom is 0.320 e. The van der Waals surface area contributed by atoms with Crippen molar-refractivity contribution >= 4 is 17.9 Å². The predicted octanol–water partition coefficient (Wildman–Crippen LogP) is 3.10. The van der Waals surface area contributed by atoms with Gasteiger partial charge in [0.2, 0.25) is 0 Å². The Hall–Kier alpha value is -2.74. The number of nitrogens with one attached hydrogen (secondary N) is 2. The van der Waals surface area contributed by atoms with E-state index in [1.165, 1.54) is 58.0 Å². The molecular weight excluding hydrogens is 366 g/mol. The summed E-state index contributed by atoms with van der Waals surface area (Å²) in [4.78, 5) is 15.1. The number of anilines is 2. The van der Waals surface area contributed by atoms with E-state index >= 15 is 0 Å². The van der Waals surface area contributed by atoms with Crippen molar-refractivity contribution in [2.24, 2.45) is 0 Å². The van der Waals surface area contributed by atoms with Crippen molar-refractivity contribution < 1.29 is 4.74 Å². The lowest BCUT2D eigenvalue weighted by Gasteiger charge is -2.14. The summed E-state index contributed by atoms with van der Waals surface area (Å²) in [6.45, 7) is 4.89. The lowest BCUT2D eigenvalue weighted by Crippen LogP contribution is -2.20. The van der Waals surface area contributed by atoms with Crippen molar-refractivity contribution in [3.05, 3.63) is 35.7 Å². The zero-order valence-corrected chi connectivity index (χ0v) is 16.9. The summed E-state index contributed by atoms with van der Waals surface area (Å²) in [6.07, 6.45) is 12.0. The van der Waals surface area contributed by atoms with Crippen molar-refractivity contribution in [1.29, 1.82) is 5.41 Å². The van der Waals surface area contributed by atoms with Crippen LogP contribution in [0.4, 0.5) is 11.6 Å². The van der Waals surface area contributed by atoms with E-state index in [2.05, 4.69) is 25.2 Å². The fourth-order valence-corrected chi connectivity index (χ4v) is 3.46. The van der Waals surface area contributed by atoms with Crippen molar-refractivity contribution in [3.63, 3.8) is 0 Å². The Kier molecular flexibility index (Phi) is 8.18. The van der Waals surface area contributed by atoms with Crippen LogP contribution in [-0.2, 0) is 6.61 Å². The molecule has 0 unspecified atom stereocenters. The molecule has 0 aromatic carbocycles. The smallest absolute Gasteiger partial charge is 0.320 e. The number of nitrogens with two attached hydrogens (primary N) is 1. The van der Waals surface area contributed by atoms with E-state index < -0.39 is 0 Å². The summed E-state index contributed by atoms with van der Waals surface area (Å²) in [5.74, 6) is 0.794. The van der Waals surface area contributed by atoms with Crippen LogP contribution in [0.5, 0.6) is 6.01 Å². The van der Waals surface area contributed by atoms with Gasteiger partial charge in [-0.25, -0.2) is 0 Å². The molecule has 0 atom stereocenters. The molecule has 0 radical (unpaired) electrons. The number of rotatable bonds is 12. The molecule has 0 aliphatic carbocycles. The van der Waals surface area contributed by atoms with Crippen LogP contribution in [0, 0.1) is 5.41 Å². The fourth-order valence-electron chi connectivity index (χ4n) is 3.46. The molecule has 156 valence electrons. The van der Waals surface area contributed by atoms with Gasteiger partial charge in [-0.05, 0) is 63.0 Å². The highest BCUT2D eigenvalue weighted by Crippen LogP contribution is 2.21. The number of ether oxygens (including phenoxy) is 1. The van der Waals surface area contributed by atoms with Crippen LogP contribution in [0.25, 0.3) is 0 Å². The molecule has 0 spiro atoms. The third-order valence-corrected chi connectivity index (χ3v) is 5.11. The predicted molar refractivity (Wildman–Crippen MR) is 116 cm³/mol. The second-order valence-corrected chi connectivity index (χ2v) is 7.33. The Bertz CT molecular complexity index is 763. The zero-order valence-electron chi connectivity index (χ0n) is 16.9. The van der Waals surface area contributed by atoms with Crippen LogP contribution in [0.15, 0.2) is 24.5 Å². The molecule has 3 heterocycles. The van der Waals surface area contributed by atoms with E-state index in [-0.39, 0.29) is 11.8 Å². The molecule has 0 saturated carbocycles. The van der Waals surface area contributed by atoms with E-state index in [0.717, 1.165) is 18.5 Å². The van der Waals surface area contributed by atoms with Crippen molar-refractivity contribution in [2.45, 2.75) is 45.1 Å². The first-order valence-corrected chi connectivity index (χ1v) is 10.4. The third-order valence-electron chi connectivity index (χ3n) is 5.11. The van der Waals surface area contributed by atoms with Crippen LogP contribution in [0.3, 0.4) is 0 Å². The minimum atomic E-state index is 0.207. The Balaban J connectivity index is 1.44. The molecule has 1 saturated heterocycles. The molecule has 8 heteroatoms. The summed E-state index contributed by atoms with van der Waals surface area (Å²) < 4.78 is 5.67. The zero-order chi connectivity index (χ0) is 20.3. The summed E-state index contributed by atoms with van der Waals surface area (Å²) in [7, 11) is 0. The van der Waals surface area contributed by atoms with Crippen LogP contribution >= 0.6 is 0 Å². The minimum Gasteiger partial charge on any atom is -0.458 e. The maximum absolute atomic E-state index is 7.61. The number of nitrogen functional groups attached to an aromatic ring is 1. The first kappa shape index (κ1) is 21.0. The van der Waals surface area contributed by atoms with Crippen molar-refractivity contribution in [1.82, 2.24) is 19.9 Å². The molecule has 3 rings (SSSR count). The summed E-state index contributed by atoms with van der Waals surface area (Å²) in [6, 6.07) is 3.95. The van der Waals surface area contributed by atoms with Crippen LogP contribution in [0.1, 0.15) is 49.7 Å². The number of pyridine rings is 1. The molecule has 2 aromatic rings. The highest BCUT2D eigenvalue weighted by molar-refractivity contribution is 5.90. The first-order chi connectivity index (χ1) is 14.3. The second-order valence-electron chi connectivity index (χ2n) is 7.33. The highest BCUT2D eigenvalue weighted by Gasteiger charge is 2.12.